The fraction of sp³-hybridized carbons (Fsp3) is 0.560. The van der Waals surface area contributed by atoms with E-state index in [1.54, 1.807) is 0 Å². The summed E-state index contributed by atoms with van der Waals surface area (Å²) in [5.74, 6) is -1.04. The first-order valence-electron chi connectivity index (χ1n) is 11.7. The van der Waals surface area contributed by atoms with Gasteiger partial charge in [0.05, 0.1) is 29.9 Å². The lowest BCUT2D eigenvalue weighted by molar-refractivity contribution is -0.178. The van der Waals surface area contributed by atoms with E-state index in [0.29, 0.717) is 18.2 Å². The van der Waals surface area contributed by atoms with Crippen LogP contribution in [0.4, 0.5) is 8.78 Å². The quantitative estimate of drug-likeness (QED) is 0.493. The molecule has 1 saturated heterocycles. The van der Waals surface area contributed by atoms with Gasteiger partial charge in [0.1, 0.15) is 11.8 Å². The van der Waals surface area contributed by atoms with Crippen LogP contribution in [0.5, 0.6) is 0 Å². The number of carbonyl (C=O) groups excluding carboxylic acids is 1. The minimum atomic E-state index is -2.96. The number of nitrogens with one attached hydrogen (secondary N) is 1. The number of thiol groups is 1. The summed E-state index contributed by atoms with van der Waals surface area (Å²) >= 11 is 0.764. The normalized spacial score (nSPS) is 29.5. The lowest BCUT2D eigenvalue weighted by Gasteiger charge is -2.61. The molecule has 2 atom stereocenters. The predicted octanol–water partition coefficient (Wildman–Crippen LogP) is 3.66. The Balaban J connectivity index is 1.44. The van der Waals surface area contributed by atoms with Gasteiger partial charge in [-0.1, -0.05) is 18.2 Å². The van der Waals surface area contributed by atoms with Crippen LogP contribution < -0.4 is 4.72 Å². The van der Waals surface area contributed by atoms with Gasteiger partial charge in [0, 0.05) is 17.0 Å². The Morgan fingerprint density at radius 1 is 1.18 bits per heavy atom. The zero-order chi connectivity index (χ0) is 23.4. The van der Waals surface area contributed by atoms with E-state index >= 15 is 8.78 Å². The number of carbonyl (C=O) groups is 1. The van der Waals surface area contributed by atoms with Crippen molar-refractivity contribution in [2.24, 2.45) is 11.3 Å². The van der Waals surface area contributed by atoms with Crippen molar-refractivity contribution in [1.29, 1.82) is 0 Å². The number of hydrogen-bond donors (Lipinski definition) is 1. The number of aromatic nitrogens is 2. The van der Waals surface area contributed by atoms with Crippen molar-refractivity contribution in [3.63, 3.8) is 0 Å². The third-order valence-electron chi connectivity index (χ3n) is 7.37. The molecule has 3 aliphatic carbocycles. The molecule has 8 heteroatoms. The van der Waals surface area contributed by atoms with Gasteiger partial charge < -0.3 is 4.90 Å². The standard InChI is InChI=1S/C25H30F2N4OS/c1-4-33-30-21-20(31(14-25(21,26)27)23(32)24-11-18(12-24)13-24)10-17-6-5-7-19(9-17)22-28-15(2)8-16(3)29-22/h5-9,18,20-21,30H,4,10-14H2,1-3H3/p+1/t18?,20-,21+,24?/m0/s1. The van der Waals surface area contributed by atoms with E-state index in [-0.39, 0.29) is 11.3 Å². The minimum absolute atomic E-state index is 0.0686. The van der Waals surface area contributed by atoms with E-state index in [4.69, 9.17) is 0 Å². The van der Waals surface area contributed by atoms with Crippen LogP contribution in [0.15, 0.2) is 30.3 Å². The summed E-state index contributed by atoms with van der Waals surface area (Å²) in [6.07, 6.45) is 2.97. The van der Waals surface area contributed by atoms with Crippen molar-refractivity contribution in [2.75, 3.05) is 12.3 Å². The Morgan fingerprint density at radius 2 is 1.88 bits per heavy atom. The van der Waals surface area contributed by atoms with E-state index < -0.39 is 24.6 Å². The van der Waals surface area contributed by atoms with Gasteiger partial charge in [-0.2, -0.15) is 0 Å². The molecule has 1 N–H and O–H groups in total. The summed E-state index contributed by atoms with van der Waals surface area (Å²) in [6, 6.07) is 8.05. The maximum absolute atomic E-state index is 15.2. The lowest BCUT2D eigenvalue weighted by Crippen LogP contribution is -2.62. The molecular formula is C25H31F2N4OS+. The molecule has 0 spiro atoms. The Labute approximate surface area is 197 Å². The molecule has 4 fully saturated rings. The van der Waals surface area contributed by atoms with Crippen LogP contribution in [0.2, 0.25) is 0 Å². The van der Waals surface area contributed by atoms with E-state index in [2.05, 4.69) is 14.7 Å². The minimum Gasteiger partial charge on any atom is -0.331 e. The number of aryl methyl sites for hydroxylation is 2. The van der Waals surface area contributed by atoms with Crippen molar-refractivity contribution in [2.45, 2.75) is 64.5 Å². The van der Waals surface area contributed by atoms with Gasteiger partial charge in [0.15, 0.2) is 5.82 Å². The maximum Gasteiger partial charge on any atom is 0.286 e. The summed E-state index contributed by atoms with van der Waals surface area (Å²) in [7, 11) is 0. The summed E-state index contributed by atoms with van der Waals surface area (Å²) in [4.78, 5) is 24.0. The molecule has 5 nitrogen and oxygen atoms in total. The van der Waals surface area contributed by atoms with Crippen LogP contribution >= 0.6 is 0 Å². The van der Waals surface area contributed by atoms with Gasteiger partial charge in [-0.15, -0.1) is 4.72 Å². The van der Waals surface area contributed by atoms with E-state index in [9.17, 15) is 4.79 Å². The molecule has 1 amide bonds. The number of likely N-dealkylation sites (tertiary alicyclic amines) is 1. The second-order valence-electron chi connectivity index (χ2n) is 9.98. The van der Waals surface area contributed by atoms with E-state index in [1.807, 2.05) is 51.1 Å². The highest BCUT2D eigenvalue weighted by molar-refractivity contribution is 7.76. The van der Waals surface area contributed by atoms with Crippen molar-refractivity contribution in [3.05, 3.63) is 47.3 Å². The Hall–Kier alpha value is -2.06. The Bertz CT molecular complexity index is 1040. The number of hydrogen-bond acceptors (Lipinski definition) is 4. The Kier molecular flexibility index (Phi) is 5.72. The van der Waals surface area contributed by atoms with Crippen LogP contribution in [0, 0.1) is 25.2 Å². The highest BCUT2D eigenvalue weighted by Gasteiger charge is 2.66. The third-order valence-corrected chi connectivity index (χ3v) is 8.15. The average molecular weight is 474 g/mol. The van der Waals surface area contributed by atoms with Crippen LogP contribution in [-0.2, 0) is 23.2 Å². The molecule has 176 valence electrons. The second-order valence-corrected chi connectivity index (χ2v) is 11.2. The zero-order valence-corrected chi connectivity index (χ0v) is 20.2. The molecule has 1 aromatic carbocycles. The number of alkyl halides is 2. The van der Waals surface area contributed by atoms with Crippen molar-refractivity contribution in [1.82, 2.24) is 19.6 Å². The van der Waals surface area contributed by atoms with Crippen molar-refractivity contribution >= 4 is 17.9 Å². The highest BCUT2D eigenvalue weighted by atomic mass is 32.2. The first kappa shape index (κ1) is 22.7. The SMILES string of the molecule is CC[SH+]N[C@@H]1[C@H](Cc2cccc(-c3nc(C)cc(C)n3)c2)N(C(=O)C23CC(C2)C3)CC1(F)F. The molecule has 2 heterocycles. The average Bonchev–Trinajstić information content (AvgIpc) is 2.93. The van der Waals surface area contributed by atoms with Gasteiger partial charge in [0.2, 0.25) is 5.91 Å². The molecule has 0 unspecified atom stereocenters. The smallest absolute Gasteiger partial charge is 0.286 e. The van der Waals surface area contributed by atoms with Crippen LogP contribution in [0.3, 0.4) is 0 Å². The zero-order valence-electron chi connectivity index (χ0n) is 19.3. The van der Waals surface area contributed by atoms with Crippen LogP contribution in [0.1, 0.15) is 43.1 Å². The number of amides is 1. The van der Waals surface area contributed by atoms with Crippen LogP contribution in [-0.4, -0.2) is 51.1 Å². The van der Waals surface area contributed by atoms with Gasteiger partial charge >= 0.3 is 0 Å². The summed E-state index contributed by atoms with van der Waals surface area (Å²) in [5, 5.41) is 0. The molecule has 1 aliphatic heterocycles. The molecule has 6 rings (SSSR count). The van der Waals surface area contributed by atoms with E-state index in [1.165, 1.54) is 4.90 Å². The number of rotatable bonds is 7. The molecule has 2 bridgehead atoms. The van der Waals surface area contributed by atoms with Gasteiger partial charge in [-0.3, -0.25) is 4.79 Å². The molecule has 1 aromatic heterocycles. The second kappa shape index (κ2) is 8.31. The summed E-state index contributed by atoms with van der Waals surface area (Å²) < 4.78 is 33.4. The molecule has 2 aromatic rings. The van der Waals surface area contributed by atoms with Crippen molar-refractivity contribution in [3.8, 4) is 11.4 Å². The molecule has 0 radical (unpaired) electrons. The maximum atomic E-state index is 15.2. The summed E-state index contributed by atoms with van der Waals surface area (Å²) in [5.41, 5.74) is 3.17. The van der Waals surface area contributed by atoms with Gasteiger partial charge in [-0.05, 0) is 70.1 Å². The lowest BCUT2D eigenvalue weighted by atomic mass is 9.44. The first-order chi connectivity index (χ1) is 15.7. The third kappa shape index (κ3) is 4.05. The number of halogens is 2. The van der Waals surface area contributed by atoms with Crippen molar-refractivity contribution < 1.29 is 13.6 Å². The molecular weight excluding hydrogens is 442 g/mol. The van der Waals surface area contributed by atoms with Crippen LogP contribution in [0.25, 0.3) is 11.4 Å². The summed E-state index contributed by atoms with van der Waals surface area (Å²) in [6.45, 7) is 5.31. The number of nitrogens with zero attached hydrogens (tertiary/aromatic N) is 3. The predicted molar refractivity (Wildman–Crippen MR) is 127 cm³/mol. The molecule has 3 saturated carbocycles. The molecule has 33 heavy (non-hydrogen) atoms. The fourth-order valence-corrected chi connectivity index (χ4v) is 6.44. The monoisotopic (exact) mass is 473 g/mol. The van der Waals surface area contributed by atoms with E-state index in [0.717, 1.165) is 59.5 Å². The number of benzene rings is 1. The Morgan fingerprint density at radius 3 is 2.48 bits per heavy atom. The fourth-order valence-electron chi connectivity index (χ4n) is 5.70. The van der Waals surface area contributed by atoms with Gasteiger partial charge in [-0.25, -0.2) is 18.7 Å². The van der Waals surface area contributed by atoms with Gasteiger partial charge in [0.25, 0.3) is 5.92 Å². The topological polar surface area (TPSA) is 58.1 Å². The molecule has 4 aliphatic rings. The largest absolute Gasteiger partial charge is 0.331 e. The first-order valence-corrected chi connectivity index (χ1v) is 12.8. The highest BCUT2D eigenvalue weighted by Crippen LogP contribution is 2.65.